The second-order valence-corrected chi connectivity index (χ2v) is 11.7. The molecule has 4 aromatic rings. The lowest BCUT2D eigenvalue weighted by molar-refractivity contribution is -0.120. The van der Waals surface area contributed by atoms with Gasteiger partial charge in [-0.3, -0.25) is 9.59 Å². The Kier molecular flexibility index (Phi) is 6.36. The van der Waals surface area contributed by atoms with Crippen LogP contribution in [0.25, 0.3) is 33.4 Å². The Hall–Kier alpha value is -4.59. The molecule has 0 bridgehead atoms. The van der Waals surface area contributed by atoms with Crippen molar-refractivity contribution in [1.29, 1.82) is 0 Å². The molecule has 0 unspecified atom stereocenters. The zero-order chi connectivity index (χ0) is 28.9. The molecule has 2 aliphatic rings. The van der Waals surface area contributed by atoms with E-state index in [1.54, 1.807) is 19.2 Å². The van der Waals surface area contributed by atoms with Crippen LogP contribution >= 0.6 is 0 Å². The highest BCUT2D eigenvalue weighted by Crippen LogP contribution is 2.44. The van der Waals surface area contributed by atoms with Crippen molar-refractivity contribution in [3.05, 3.63) is 82.5 Å². The second kappa shape index (κ2) is 9.80. The van der Waals surface area contributed by atoms with Gasteiger partial charge in [0.15, 0.2) is 17.9 Å². The Labute approximate surface area is 237 Å². The number of anilines is 1. The van der Waals surface area contributed by atoms with Crippen LogP contribution in [-0.4, -0.2) is 31.3 Å². The van der Waals surface area contributed by atoms with Crippen molar-refractivity contribution in [3.8, 4) is 28.2 Å². The monoisotopic (exact) mass is 552 g/mol. The van der Waals surface area contributed by atoms with E-state index in [-0.39, 0.29) is 17.9 Å². The maximum absolute atomic E-state index is 14.1. The lowest BCUT2D eigenvalue weighted by Crippen LogP contribution is -2.52. The molecule has 1 aliphatic heterocycles. The Bertz CT molecular complexity index is 1710. The maximum atomic E-state index is 14.1. The van der Waals surface area contributed by atoms with Gasteiger partial charge in [-0.15, -0.1) is 0 Å². The van der Waals surface area contributed by atoms with Crippen molar-refractivity contribution in [2.45, 2.75) is 51.2 Å². The number of alkyl carbamates (subject to hydrolysis) is 1. The van der Waals surface area contributed by atoms with E-state index in [2.05, 4.69) is 5.32 Å². The summed E-state index contributed by atoms with van der Waals surface area (Å²) in [7, 11) is 1.67. The van der Waals surface area contributed by atoms with Gasteiger partial charge in [-0.1, -0.05) is 54.6 Å². The maximum Gasteiger partial charge on any atom is 0.408 e. The molecule has 0 radical (unpaired) electrons. The zero-order valence-corrected chi connectivity index (χ0v) is 23.6. The normalized spacial score (nSPS) is 16.0. The molecule has 41 heavy (non-hydrogen) atoms. The topological polar surface area (TPSA) is 98.1 Å². The Morgan fingerprint density at radius 2 is 1.66 bits per heavy atom. The number of nitrogens with zero attached hydrogens (tertiary/aromatic N) is 1. The highest BCUT2D eigenvalue weighted by molar-refractivity contribution is 6.03. The van der Waals surface area contributed by atoms with E-state index in [0.717, 1.165) is 30.4 Å². The van der Waals surface area contributed by atoms with Gasteiger partial charge in [0.2, 0.25) is 5.43 Å². The number of fused-ring (bicyclic) bond motifs is 3. The number of benzene rings is 3. The van der Waals surface area contributed by atoms with Gasteiger partial charge < -0.3 is 24.1 Å². The van der Waals surface area contributed by atoms with E-state index >= 15 is 0 Å². The summed E-state index contributed by atoms with van der Waals surface area (Å²) in [5.41, 5.74) is 2.39. The average Bonchev–Trinajstić information content (AvgIpc) is 2.92. The van der Waals surface area contributed by atoms with Crippen LogP contribution in [-0.2, 0) is 15.1 Å². The molecule has 8 heteroatoms. The third-order valence-corrected chi connectivity index (χ3v) is 7.78. The molecule has 1 aromatic heterocycles. The highest BCUT2D eigenvalue weighted by Gasteiger charge is 2.41. The minimum Gasteiger partial charge on any atom is -0.478 e. The van der Waals surface area contributed by atoms with Gasteiger partial charge in [-0.05, 0) is 63.3 Å². The quantitative estimate of drug-likeness (QED) is 0.315. The number of likely N-dealkylation sites (N-methyl/N-ethyl adjacent to an activating group) is 1. The number of carbonyl (C=O) groups excluding carboxylic acids is 2. The van der Waals surface area contributed by atoms with E-state index < -0.39 is 17.2 Å². The third kappa shape index (κ3) is 4.73. The summed E-state index contributed by atoms with van der Waals surface area (Å²) in [5, 5.41) is 3.46. The van der Waals surface area contributed by atoms with Gasteiger partial charge in [0.1, 0.15) is 11.4 Å². The Balaban J connectivity index is 1.46. The van der Waals surface area contributed by atoms with Gasteiger partial charge in [0.05, 0.1) is 22.2 Å². The first-order chi connectivity index (χ1) is 19.6. The number of rotatable bonds is 4. The fourth-order valence-electron chi connectivity index (χ4n) is 5.52. The van der Waals surface area contributed by atoms with Crippen molar-refractivity contribution in [3.63, 3.8) is 0 Å². The smallest absolute Gasteiger partial charge is 0.408 e. The van der Waals surface area contributed by atoms with E-state index in [9.17, 15) is 14.4 Å². The summed E-state index contributed by atoms with van der Waals surface area (Å²) in [4.78, 5) is 40.5. The van der Waals surface area contributed by atoms with Crippen LogP contribution in [0.4, 0.5) is 10.5 Å². The van der Waals surface area contributed by atoms with Gasteiger partial charge in [-0.25, -0.2) is 4.79 Å². The van der Waals surface area contributed by atoms with Gasteiger partial charge in [0.25, 0.3) is 5.91 Å². The predicted molar refractivity (Wildman–Crippen MR) is 157 cm³/mol. The molecule has 2 heterocycles. The van der Waals surface area contributed by atoms with Crippen molar-refractivity contribution >= 4 is 28.7 Å². The van der Waals surface area contributed by atoms with Crippen LogP contribution in [0, 0.1) is 0 Å². The summed E-state index contributed by atoms with van der Waals surface area (Å²) in [6.45, 7) is 5.39. The fourth-order valence-corrected chi connectivity index (χ4v) is 5.52. The first kappa shape index (κ1) is 26.6. The molecule has 6 rings (SSSR count). The molecule has 0 spiro atoms. The molecule has 0 saturated heterocycles. The van der Waals surface area contributed by atoms with Crippen LogP contribution in [0.1, 0.15) is 45.6 Å². The van der Waals surface area contributed by atoms with E-state index in [0.29, 0.717) is 39.3 Å². The van der Waals surface area contributed by atoms with Crippen molar-refractivity contribution in [2.75, 3.05) is 18.6 Å². The van der Waals surface area contributed by atoms with E-state index in [4.69, 9.17) is 13.9 Å². The van der Waals surface area contributed by atoms with Crippen LogP contribution < -0.4 is 20.4 Å². The molecule has 1 N–H and O–H groups in total. The Morgan fingerprint density at radius 3 is 2.29 bits per heavy atom. The lowest BCUT2D eigenvalue weighted by Gasteiger charge is -2.43. The predicted octanol–water partition coefficient (Wildman–Crippen LogP) is 6.39. The Morgan fingerprint density at radius 1 is 0.951 bits per heavy atom. The number of amides is 2. The van der Waals surface area contributed by atoms with Crippen LogP contribution in [0.15, 0.2) is 75.9 Å². The summed E-state index contributed by atoms with van der Waals surface area (Å²) in [6.07, 6.45) is 2.17. The van der Waals surface area contributed by atoms with Gasteiger partial charge in [0, 0.05) is 12.6 Å². The first-order valence-corrected chi connectivity index (χ1v) is 13.8. The number of carbonyl (C=O) groups is 2. The molecular weight excluding hydrogens is 520 g/mol. The van der Waals surface area contributed by atoms with Gasteiger partial charge >= 0.3 is 6.09 Å². The van der Waals surface area contributed by atoms with E-state index in [1.165, 1.54) is 4.90 Å². The first-order valence-electron chi connectivity index (χ1n) is 13.8. The van der Waals surface area contributed by atoms with Gasteiger partial charge in [-0.2, -0.15) is 0 Å². The van der Waals surface area contributed by atoms with E-state index in [1.807, 2.05) is 75.4 Å². The molecule has 1 fully saturated rings. The largest absolute Gasteiger partial charge is 0.478 e. The summed E-state index contributed by atoms with van der Waals surface area (Å²) in [6, 6.07) is 20.6. The number of nitrogens with one attached hydrogen (secondary N) is 1. The zero-order valence-electron chi connectivity index (χ0n) is 23.6. The molecule has 2 amide bonds. The van der Waals surface area contributed by atoms with Crippen molar-refractivity contribution in [1.82, 2.24) is 5.32 Å². The summed E-state index contributed by atoms with van der Waals surface area (Å²) >= 11 is 0. The molecule has 8 nitrogen and oxygen atoms in total. The van der Waals surface area contributed by atoms with Crippen LogP contribution in [0.2, 0.25) is 0 Å². The van der Waals surface area contributed by atoms with Crippen molar-refractivity contribution < 1.29 is 23.5 Å². The second-order valence-electron chi connectivity index (χ2n) is 11.7. The average molecular weight is 553 g/mol. The third-order valence-electron chi connectivity index (χ3n) is 7.78. The SMILES string of the molecule is CN1C(=O)COc2c1ccc1c(=O)c(-c3ccc(C4(NC(=O)OC(C)(C)C)CCC4)cc3)c(-c3ccccc3)oc21. The minimum atomic E-state index is -0.591. The molecule has 210 valence electrons. The minimum absolute atomic E-state index is 0.130. The molecule has 1 saturated carbocycles. The number of hydrogen-bond acceptors (Lipinski definition) is 6. The molecule has 3 aromatic carbocycles. The summed E-state index contributed by atoms with van der Waals surface area (Å²) in [5.74, 6) is 0.614. The van der Waals surface area contributed by atoms with Crippen molar-refractivity contribution in [2.24, 2.45) is 0 Å². The number of hydrogen-bond donors (Lipinski definition) is 1. The van der Waals surface area contributed by atoms with Crippen LogP contribution in [0.3, 0.4) is 0 Å². The standard InChI is InChI=1S/C33H32N2O6/c1-32(2,3)41-31(38)34-33(17-8-18-33)22-13-11-20(12-14-22)26-27(37)23-15-16-24-30(39-19-25(36)35(24)4)29(23)40-28(26)21-9-6-5-7-10-21/h5-7,9-16H,8,17-19H2,1-4H3,(H,34,38). The molecular formula is C33H32N2O6. The summed E-state index contributed by atoms with van der Waals surface area (Å²) < 4.78 is 17.8. The molecule has 0 atom stereocenters. The van der Waals surface area contributed by atoms with Crippen LogP contribution in [0.5, 0.6) is 5.75 Å². The highest BCUT2D eigenvalue weighted by atomic mass is 16.6. The lowest BCUT2D eigenvalue weighted by atomic mass is 9.71. The fraction of sp³-hybridized carbons (Fsp3) is 0.303. The number of ether oxygens (including phenoxy) is 2. The molecule has 1 aliphatic carbocycles.